The van der Waals surface area contributed by atoms with E-state index in [0.29, 0.717) is 26.2 Å². The molecule has 2 aliphatic heterocycles. The van der Waals surface area contributed by atoms with Gasteiger partial charge in [0.05, 0.1) is 0 Å². The summed E-state index contributed by atoms with van der Waals surface area (Å²) in [6.45, 7) is 17.4. The van der Waals surface area contributed by atoms with Crippen molar-refractivity contribution >= 4 is 23.9 Å². The van der Waals surface area contributed by atoms with Gasteiger partial charge in [-0.05, 0) is 76.0 Å². The third kappa shape index (κ3) is 11.9. The first-order chi connectivity index (χ1) is 19.4. The standard InChI is InChI=1S/C32H58N4O5/c1-7-33-25-27(37)35(29(33)39)21-13-9-17-31(3,4)19-11-15-23-41-24-16-12-20-32(5,6)18-10-14-22-36-28(38)26-34(8-2)30(36)40/h7-26H2,1-6H3. The smallest absolute Gasteiger partial charge is 0.327 e. The van der Waals surface area contributed by atoms with Crippen molar-refractivity contribution in [3.63, 3.8) is 0 Å². The Hall–Kier alpha value is -2.16. The van der Waals surface area contributed by atoms with E-state index in [1.165, 1.54) is 9.80 Å². The Morgan fingerprint density at radius 2 is 0.902 bits per heavy atom. The van der Waals surface area contributed by atoms with Gasteiger partial charge in [0.25, 0.3) is 0 Å². The monoisotopic (exact) mass is 578 g/mol. The van der Waals surface area contributed by atoms with Crippen LogP contribution >= 0.6 is 0 Å². The van der Waals surface area contributed by atoms with Crippen LogP contribution in [0.5, 0.6) is 0 Å². The number of urea groups is 2. The molecule has 0 aromatic heterocycles. The maximum Gasteiger partial charge on any atom is 0.327 e. The summed E-state index contributed by atoms with van der Waals surface area (Å²) in [4.78, 5) is 54.5. The van der Waals surface area contributed by atoms with Crippen molar-refractivity contribution in [2.75, 3.05) is 52.5 Å². The number of likely N-dealkylation sites (N-methyl/N-ethyl adjacent to an activating group) is 2. The van der Waals surface area contributed by atoms with Crippen molar-refractivity contribution < 1.29 is 23.9 Å². The average Bonchev–Trinajstić information content (AvgIpc) is 3.35. The highest BCUT2D eigenvalue weighted by molar-refractivity contribution is 6.02. The first kappa shape index (κ1) is 35.0. The molecule has 2 heterocycles. The van der Waals surface area contributed by atoms with E-state index < -0.39 is 0 Å². The summed E-state index contributed by atoms with van der Waals surface area (Å²) < 4.78 is 5.90. The zero-order valence-corrected chi connectivity index (χ0v) is 27.0. The van der Waals surface area contributed by atoms with Gasteiger partial charge in [0.15, 0.2) is 0 Å². The van der Waals surface area contributed by atoms with Gasteiger partial charge in [0.1, 0.15) is 13.1 Å². The van der Waals surface area contributed by atoms with Crippen molar-refractivity contribution in [3.05, 3.63) is 0 Å². The van der Waals surface area contributed by atoms with Gasteiger partial charge in [0.2, 0.25) is 11.8 Å². The number of imide groups is 2. The van der Waals surface area contributed by atoms with Gasteiger partial charge in [-0.3, -0.25) is 19.4 Å². The Kier molecular flexibility index (Phi) is 14.6. The Morgan fingerprint density at radius 1 is 0.561 bits per heavy atom. The lowest BCUT2D eigenvalue weighted by atomic mass is 9.82. The molecule has 9 nitrogen and oxygen atoms in total. The molecular weight excluding hydrogens is 520 g/mol. The first-order valence-corrected chi connectivity index (χ1v) is 16.2. The van der Waals surface area contributed by atoms with E-state index in [0.717, 1.165) is 90.3 Å². The lowest BCUT2D eigenvalue weighted by Crippen LogP contribution is -2.33. The van der Waals surface area contributed by atoms with E-state index in [1.54, 1.807) is 9.80 Å². The van der Waals surface area contributed by atoms with Gasteiger partial charge in [-0.25, -0.2) is 9.59 Å². The fourth-order valence-corrected chi connectivity index (χ4v) is 5.84. The molecule has 9 heteroatoms. The van der Waals surface area contributed by atoms with Crippen molar-refractivity contribution in [1.82, 2.24) is 19.6 Å². The molecule has 2 saturated heterocycles. The van der Waals surface area contributed by atoms with Gasteiger partial charge >= 0.3 is 12.1 Å². The molecule has 2 fully saturated rings. The van der Waals surface area contributed by atoms with Crippen LogP contribution in [0.4, 0.5) is 9.59 Å². The lowest BCUT2D eigenvalue weighted by molar-refractivity contribution is -0.126. The number of ether oxygens (including phenoxy) is 1. The second-order valence-corrected chi connectivity index (χ2v) is 13.5. The molecule has 0 radical (unpaired) electrons. The van der Waals surface area contributed by atoms with Crippen LogP contribution in [-0.4, -0.2) is 96.0 Å². The predicted octanol–water partition coefficient (Wildman–Crippen LogP) is 6.30. The van der Waals surface area contributed by atoms with Gasteiger partial charge in [-0.2, -0.15) is 0 Å². The Balaban J connectivity index is 1.44. The van der Waals surface area contributed by atoms with Crippen molar-refractivity contribution in [3.8, 4) is 0 Å². The normalized spacial score (nSPS) is 16.7. The molecule has 2 aliphatic rings. The molecule has 0 bridgehead atoms. The molecular formula is C32H58N4O5. The minimum atomic E-state index is -0.133. The van der Waals surface area contributed by atoms with Crippen molar-refractivity contribution in [2.24, 2.45) is 10.8 Å². The molecule has 0 aromatic rings. The largest absolute Gasteiger partial charge is 0.381 e. The SMILES string of the molecule is CCN1CC(=O)N(CCCCC(C)(C)CCCCOCCCCC(C)(C)CCCCN2C(=O)CN(CC)C2=O)C1=O. The third-order valence-electron chi connectivity index (χ3n) is 8.78. The van der Waals surface area contributed by atoms with E-state index in [-0.39, 0.29) is 47.8 Å². The van der Waals surface area contributed by atoms with E-state index >= 15 is 0 Å². The third-order valence-corrected chi connectivity index (χ3v) is 8.78. The Morgan fingerprint density at radius 3 is 1.22 bits per heavy atom. The number of carbonyl (C=O) groups is 4. The summed E-state index contributed by atoms with van der Waals surface area (Å²) in [5.74, 6) is -0.127. The van der Waals surface area contributed by atoms with E-state index in [1.807, 2.05) is 13.8 Å². The summed E-state index contributed by atoms with van der Waals surface area (Å²) in [5.41, 5.74) is 0.519. The van der Waals surface area contributed by atoms with E-state index in [9.17, 15) is 19.2 Å². The van der Waals surface area contributed by atoms with Crippen LogP contribution in [0, 0.1) is 10.8 Å². The van der Waals surface area contributed by atoms with Crippen LogP contribution in [0.2, 0.25) is 0 Å². The number of rotatable bonds is 22. The maximum absolute atomic E-state index is 12.2. The lowest BCUT2D eigenvalue weighted by Gasteiger charge is -2.25. The summed E-state index contributed by atoms with van der Waals surface area (Å²) in [6, 6.07) is -0.265. The van der Waals surface area contributed by atoms with Crippen LogP contribution < -0.4 is 0 Å². The molecule has 0 aromatic carbocycles. The minimum Gasteiger partial charge on any atom is -0.381 e. The first-order valence-electron chi connectivity index (χ1n) is 16.2. The summed E-state index contributed by atoms with van der Waals surface area (Å²) in [6.07, 6.45) is 12.8. The molecule has 0 N–H and O–H groups in total. The van der Waals surface area contributed by atoms with Crippen molar-refractivity contribution in [1.29, 1.82) is 0 Å². The second kappa shape index (κ2) is 17.1. The van der Waals surface area contributed by atoms with Crippen LogP contribution in [-0.2, 0) is 14.3 Å². The highest BCUT2D eigenvalue weighted by Crippen LogP contribution is 2.31. The van der Waals surface area contributed by atoms with Crippen LogP contribution in [0.1, 0.15) is 119 Å². The van der Waals surface area contributed by atoms with Crippen LogP contribution in [0.25, 0.3) is 0 Å². The van der Waals surface area contributed by atoms with Gasteiger partial charge < -0.3 is 14.5 Å². The molecule has 0 spiro atoms. The molecule has 0 unspecified atom stereocenters. The summed E-state index contributed by atoms with van der Waals surface area (Å²) in [7, 11) is 0. The number of carbonyl (C=O) groups excluding carboxylic acids is 4. The predicted molar refractivity (Wildman–Crippen MR) is 162 cm³/mol. The number of hydrogen-bond acceptors (Lipinski definition) is 5. The zero-order chi connectivity index (χ0) is 30.5. The minimum absolute atomic E-state index is 0.0637. The maximum atomic E-state index is 12.2. The zero-order valence-electron chi connectivity index (χ0n) is 27.0. The molecule has 2 rings (SSSR count). The van der Waals surface area contributed by atoms with Gasteiger partial charge in [-0.1, -0.05) is 53.4 Å². The quantitative estimate of drug-likeness (QED) is 0.111. The van der Waals surface area contributed by atoms with Gasteiger partial charge in [0, 0.05) is 39.4 Å². The van der Waals surface area contributed by atoms with Crippen LogP contribution in [0.3, 0.4) is 0 Å². The summed E-state index contributed by atoms with van der Waals surface area (Å²) >= 11 is 0. The highest BCUT2D eigenvalue weighted by atomic mass is 16.5. The Labute approximate surface area is 249 Å². The molecule has 0 aliphatic carbocycles. The van der Waals surface area contributed by atoms with E-state index in [2.05, 4.69) is 27.7 Å². The molecule has 0 atom stereocenters. The molecule has 0 saturated carbocycles. The van der Waals surface area contributed by atoms with Crippen LogP contribution in [0.15, 0.2) is 0 Å². The number of nitrogens with zero attached hydrogens (tertiary/aromatic N) is 4. The highest BCUT2D eigenvalue weighted by Gasteiger charge is 2.35. The topological polar surface area (TPSA) is 90.5 Å². The fourth-order valence-electron chi connectivity index (χ4n) is 5.84. The second-order valence-electron chi connectivity index (χ2n) is 13.5. The number of hydrogen-bond donors (Lipinski definition) is 0. The van der Waals surface area contributed by atoms with Gasteiger partial charge in [-0.15, -0.1) is 0 Å². The molecule has 41 heavy (non-hydrogen) atoms. The molecule has 6 amide bonds. The fraction of sp³-hybridized carbons (Fsp3) is 0.875. The average molecular weight is 579 g/mol. The summed E-state index contributed by atoms with van der Waals surface area (Å²) in [5, 5.41) is 0. The van der Waals surface area contributed by atoms with E-state index in [4.69, 9.17) is 4.74 Å². The Bertz CT molecular complexity index is 791. The van der Waals surface area contributed by atoms with Crippen molar-refractivity contribution in [2.45, 2.75) is 119 Å². The number of unbranched alkanes of at least 4 members (excludes halogenated alkanes) is 4. The number of amides is 6. The molecule has 236 valence electrons.